The third-order valence-electron chi connectivity index (χ3n) is 3.78. The van der Waals surface area contributed by atoms with E-state index in [0.717, 1.165) is 6.41 Å². The Labute approximate surface area is 138 Å². The van der Waals surface area contributed by atoms with Gasteiger partial charge in [-0.05, 0) is 12.1 Å². The number of anilines is 2. The second kappa shape index (κ2) is 7.03. The van der Waals surface area contributed by atoms with Gasteiger partial charge in [0.15, 0.2) is 0 Å². The number of benzene rings is 1. The van der Waals surface area contributed by atoms with Gasteiger partial charge in [0.2, 0.25) is 6.41 Å². The summed E-state index contributed by atoms with van der Waals surface area (Å²) in [4.78, 5) is 34.8. The molecule has 0 unspecified atom stereocenters. The number of para-hydroxylation sites is 1. The number of nitrogens with zero attached hydrogens (tertiary/aromatic N) is 4. The Morgan fingerprint density at radius 2 is 1.88 bits per heavy atom. The number of aromatic nitrogens is 2. The summed E-state index contributed by atoms with van der Waals surface area (Å²) in [5.74, 6) is -0.392. The van der Waals surface area contributed by atoms with Gasteiger partial charge in [0, 0.05) is 26.2 Å². The summed E-state index contributed by atoms with van der Waals surface area (Å²) in [5, 5.41) is 2.46. The fraction of sp³-hybridized carbons (Fsp3) is 0.250. The van der Waals surface area contributed by atoms with Gasteiger partial charge >= 0.3 is 0 Å². The molecule has 124 valence electrons. The van der Waals surface area contributed by atoms with Crippen LogP contribution in [0.2, 0.25) is 0 Å². The number of piperazine rings is 1. The van der Waals surface area contributed by atoms with E-state index in [0.29, 0.717) is 32.0 Å². The maximum atomic E-state index is 13.5. The second-order valence-corrected chi connectivity index (χ2v) is 5.32. The van der Waals surface area contributed by atoms with Crippen LogP contribution in [0.15, 0.2) is 36.7 Å². The molecular formula is C16H16FN5O2. The van der Waals surface area contributed by atoms with Crippen LogP contribution < -0.4 is 10.2 Å². The van der Waals surface area contributed by atoms with Crippen LogP contribution in [0.1, 0.15) is 10.5 Å². The van der Waals surface area contributed by atoms with Crippen LogP contribution in [0, 0.1) is 5.82 Å². The van der Waals surface area contributed by atoms with Crippen molar-refractivity contribution in [3.63, 3.8) is 0 Å². The second-order valence-electron chi connectivity index (χ2n) is 5.32. The molecule has 0 aliphatic carbocycles. The van der Waals surface area contributed by atoms with Crippen molar-refractivity contribution in [2.75, 3.05) is 36.4 Å². The Balaban J connectivity index is 1.65. The van der Waals surface area contributed by atoms with Crippen molar-refractivity contribution >= 4 is 23.8 Å². The summed E-state index contributed by atoms with van der Waals surface area (Å²) in [6.45, 7) is 2.57. The van der Waals surface area contributed by atoms with Crippen molar-refractivity contribution in [2.45, 2.75) is 0 Å². The molecule has 24 heavy (non-hydrogen) atoms. The Kier molecular flexibility index (Phi) is 4.64. The molecular weight excluding hydrogens is 313 g/mol. The SMILES string of the molecule is O=CN1CCN(c2cnc(C(=O)Nc3ccccc3F)cn2)CC1. The van der Waals surface area contributed by atoms with E-state index in [1.807, 2.05) is 4.90 Å². The van der Waals surface area contributed by atoms with Crippen LogP contribution >= 0.6 is 0 Å². The minimum Gasteiger partial charge on any atom is -0.352 e. The van der Waals surface area contributed by atoms with Crippen LogP contribution in [-0.4, -0.2) is 53.4 Å². The van der Waals surface area contributed by atoms with E-state index >= 15 is 0 Å². The molecule has 1 saturated heterocycles. The van der Waals surface area contributed by atoms with Crippen molar-refractivity contribution in [1.29, 1.82) is 0 Å². The molecule has 1 N–H and O–H groups in total. The van der Waals surface area contributed by atoms with Gasteiger partial charge in [-0.2, -0.15) is 0 Å². The fourth-order valence-corrected chi connectivity index (χ4v) is 2.41. The van der Waals surface area contributed by atoms with Gasteiger partial charge in [0.05, 0.1) is 18.1 Å². The highest BCUT2D eigenvalue weighted by Gasteiger charge is 2.18. The summed E-state index contributed by atoms with van der Waals surface area (Å²) in [6.07, 6.45) is 3.70. The predicted octanol–water partition coefficient (Wildman–Crippen LogP) is 1.15. The summed E-state index contributed by atoms with van der Waals surface area (Å²) >= 11 is 0. The molecule has 3 rings (SSSR count). The molecule has 1 aromatic heterocycles. The van der Waals surface area contributed by atoms with Gasteiger partial charge < -0.3 is 15.1 Å². The van der Waals surface area contributed by atoms with Crippen molar-refractivity contribution in [3.05, 3.63) is 48.2 Å². The number of amides is 2. The van der Waals surface area contributed by atoms with Crippen molar-refractivity contribution < 1.29 is 14.0 Å². The number of rotatable bonds is 4. The standard InChI is InChI=1S/C16H16FN5O2/c17-12-3-1-2-4-13(12)20-16(24)14-9-19-15(10-18-14)22-7-5-21(11-23)6-8-22/h1-4,9-11H,5-8H2,(H,20,24). The normalized spacial score (nSPS) is 14.4. The van der Waals surface area contributed by atoms with E-state index in [9.17, 15) is 14.0 Å². The van der Waals surface area contributed by atoms with Crippen molar-refractivity contribution in [1.82, 2.24) is 14.9 Å². The van der Waals surface area contributed by atoms with Crippen molar-refractivity contribution in [3.8, 4) is 0 Å². The first-order valence-electron chi connectivity index (χ1n) is 7.49. The summed E-state index contributed by atoms with van der Waals surface area (Å²) < 4.78 is 13.5. The first-order valence-corrected chi connectivity index (χ1v) is 7.49. The molecule has 0 spiro atoms. The monoisotopic (exact) mass is 329 g/mol. The third-order valence-corrected chi connectivity index (χ3v) is 3.78. The zero-order valence-corrected chi connectivity index (χ0v) is 12.9. The molecule has 2 amide bonds. The number of hydrogen-bond acceptors (Lipinski definition) is 5. The van der Waals surface area contributed by atoms with Crippen LogP contribution in [0.3, 0.4) is 0 Å². The molecule has 1 aliphatic heterocycles. The molecule has 0 saturated carbocycles. The van der Waals surface area contributed by atoms with Gasteiger partial charge in [-0.15, -0.1) is 0 Å². The van der Waals surface area contributed by atoms with Crippen LogP contribution in [0.4, 0.5) is 15.9 Å². The minimum atomic E-state index is -0.523. The molecule has 0 atom stereocenters. The number of nitrogens with one attached hydrogen (secondary N) is 1. The summed E-state index contributed by atoms with van der Waals surface area (Å²) in [7, 11) is 0. The van der Waals surface area contributed by atoms with Gasteiger partial charge in [0.25, 0.3) is 5.91 Å². The minimum absolute atomic E-state index is 0.0957. The molecule has 0 bridgehead atoms. The molecule has 1 aromatic carbocycles. The van der Waals surface area contributed by atoms with E-state index in [-0.39, 0.29) is 11.4 Å². The number of carbonyl (C=O) groups is 2. The van der Waals surface area contributed by atoms with E-state index in [1.54, 1.807) is 17.0 Å². The molecule has 1 aliphatic rings. The number of hydrogen-bond donors (Lipinski definition) is 1. The number of halogens is 1. The Hall–Kier alpha value is -3.03. The van der Waals surface area contributed by atoms with Crippen LogP contribution in [0.5, 0.6) is 0 Å². The Morgan fingerprint density at radius 1 is 1.12 bits per heavy atom. The Bertz CT molecular complexity index is 730. The van der Waals surface area contributed by atoms with Gasteiger partial charge in [0.1, 0.15) is 17.3 Å². The first-order chi connectivity index (χ1) is 11.7. The lowest BCUT2D eigenvalue weighted by atomic mass is 10.3. The van der Waals surface area contributed by atoms with E-state index in [2.05, 4.69) is 15.3 Å². The molecule has 1 fully saturated rings. The fourth-order valence-electron chi connectivity index (χ4n) is 2.41. The highest BCUT2D eigenvalue weighted by atomic mass is 19.1. The van der Waals surface area contributed by atoms with Gasteiger partial charge in [-0.1, -0.05) is 12.1 Å². The molecule has 0 radical (unpaired) electrons. The lowest BCUT2D eigenvalue weighted by molar-refractivity contribution is -0.118. The average Bonchev–Trinajstić information content (AvgIpc) is 2.64. The molecule has 7 nitrogen and oxygen atoms in total. The van der Waals surface area contributed by atoms with E-state index in [1.165, 1.54) is 24.5 Å². The van der Waals surface area contributed by atoms with E-state index in [4.69, 9.17) is 0 Å². The lowest BCUT2D eigenvalue weighted by Crippen LogP contribution is -2.46. The highest BCUT2D eigenvalue weighted by molar-refractivity contribution is 6.02. The average molecular weight is 329 g/mol. The molecule has 2 aromatic rings. The van der Waals surface area contributed by atoms with Gasteiger partial charge in [-0.3, -0.25) is 9.59 Å². The maximum Gasteiger partial charge on any atom is 0.275 e. The zero-order chi connectivity index (χ0) is 16.9. The van der Waals surface area contributed by atoms with Crippen LogP contribution in [-0.2, 0) is 4.79 Å². The zero-order valence-electron chi connectivity index (χ0n) is 12.9. The number of carbonyl (C=O) groups excluding carboxylic acids is 2. The molecule has 8 heteroatoms. The highest BCUT2D eigenvalue weighted by Crippen LogP contribution is 2.15. The van der Waals surface area contributed by atoms with E-state index < -0.39 is 11.7 Å². The first kappa shape index (κ1) is 15.9. The topological polar surface area (TPSA) is 78.4 Å². The maximum absolute atomic E-state index is 13.5. The summed E-state index contributed by atoms with van der Waals surface area (Å²) in [6, 6.07) is 5.92. The smallest absolute Gasteiger partial charge is 0.275 e. The third kappa shape index (κ3) is 3.48. The molecule has 2 heterocycles. The quantitative estimate of drug-likeness (QED) is 0.851. The summed E-state index contributed by atoms with van der Waals surface area (Å²) in [5.41, 5.74) is 0.201. The van der Waals surface area contributed by atoms with Crippen molar-refractivity contribution in [2.24, 2.45) is 0 Å². The Morgan fingerprint density at radius 3 is 2.50 bits per heavy atom. The van der Waals surface area contributed by atoms with Gasteiger partial charge in [-0.25, -0.2) is 14.4 Å². The predicted molar refractivity (Wildman–Crippen MR) is 86.2 cm³/mol. The largest absolute Gasteiger partial charge is 0.352 e. The lowest BCUT2D eigenvalue weighted by Gasteiger charge is -2.33. The van der Waals surface area contributed by atoms with Crippen LogP contribution in [0.25, 0.3) is 0 Å².